The smallest absolute Gasteiger partial charge is 0.223 e. The number of hydrogen-bond acceptors (Lipinski definition) is 2. The van der Waals surface area contributed by atoms with E-state index in [4.69, 9.17) is 4.98 Å². The minimum absolute atomic E-state index is 0.168. The molecule has 1 fully saturated rings. The first-order valence-corrected chi connectivity index (χ1v) is 10.4. The molecule has 1 amide bonds. The lowest BCUT2D eigenvalue weighted by Crippen LogP contribution is -2.26. The van der Waals surface area contributed by atoms with Crippen molar-refractivity contribution >= 4 is 16.9 Å². The highest BCUT2D eigenvalue weighted by Gasteiger charge is 2.33. The predicted octanol–water partition coefficient (Wildman–Crippen LogP) is 4.82. The molecule has 0 bridgehead atoms. The van der Waals surface area contributed by atoms with Crippen molar-refractivity contribution < 1.29 is 4.79 Å². The number of rotatable bonds is 6. The average Bonchev–Trinajstić information content (AvgIpc) is 3.23. The van der Waals surface area contributed by atoms with Crippen molar-refractivity contribution in [1.82, 2.24) is 14.5 Å². The van der Waals surface area contributed by atoms with Crippen LogP contribution in [0.15, 0.2) is 42.5 Å². The number of carbonyl (C=O) groups is 1. The van der Waals surface area contributed by atoms with E-state index in [2.05, 4.69) is 61.7 Å². The lowest BCUT2D eigenvalue weighted by Gasteiger charge is -2.17. The summed E-state index contributed by atoms with van der Waals surface area (Å²) in [6, 6.07) is 14.9. The molecule has 0 spiro atoms. The number of carbonyl (C=O) groups excluding carboxylic acids is 1. The Bertz CT molecular complexity index is 1000. The fourth-order valence-corrected chi connectivity index (χ4v) is 4.22. The molecule has 0 saturated carbocycles. The molecule has 4 heteroatoms. The molecule has 28 heavy (non-hydrogen) atoms. The van der Waals surface area contributed by atoms with Gasteiger partial charge in [0.05, 0.1) is 11.0 Å². The lowest BCUT2D eigenvalue weighted by atomic mass is 10.0. The Kier molecular flexibility index (Phi) is 5.21. The number of amides is 1. The number of unbranched alkanes of at least 4 members (excludes halogenated alkanes) is 1. The summed E-state index contributed by atoms with van der Waals surface area (Å²) in [6.45, 7) is 8.92. The van der Waals surface area contributed by atoms with Crippen LogP contribution in [-0.2, 0) is 11.3 Å². The second-order valence-corrected chi connectivity index (χ2v) is 8.07. The zero-order valence-corrected chi connectivity index (χ0v) is 17.1. The van der Waals surface area contributed by atoms with Gasteiger partial charge in [0.25, 0.3) is 0 Å². The van der Waals surface area contributed by atoms with Gasteiger partial charge in [-0.25, -0.2) is 4.98 Å². The Labute approximate surface area is 167 Å². The maximum absolute atomic E-state index is 12.5. The number of nitrogens with zero attached hydrogens (tertiary/aromatic N) is 3. The number of hydrogen-bond donors (Lipinski definition) is 0. The van der Waals surface area contributed by atoms with Crippen LogP contribution in [0.1, 0.15) is 54.6 Å². The van der Waals surface area contributed by atoms with Gasteiger partial charge in [0.1, 0.15) is 5.82 Å². The van der Waals surface area contributed by atoms with Crippen LogP contribution in [0.5, 0.6) is 0 Å². The number of benzene rings is 2. The highest BCUT2D eigenvalue weighted by atomic mass is 16.2. The van der Waals surface area contributed by atoms with Gasteiger partial charge in [0.2, 0.25) is 5.91 Å². The van der Waals surface area contributed by atoms with Crippen molar-refractivity contribution in [3.8, 4) is 0 Å². The third-order valence-electron chi connectivity index (χ3n) is 5.88. The number of aromatic nitrogens is 2. The third-order valence-corrected chi connectivity index (χ3v) is 5.88. The van der Waals surface area contributed by atoms with Gasteiger partial charge in [0, 0.05) is 32.0 Å². The van der Waals surface area contributed by atoms with Crippen LogP contribution in [0.2, 0.25) is 0 Å². The SMILES string of the molecule is CCCCN1CC(c2nc3ccccc3n2Cc2cc(C)ccc2C)CC1=O. The summed E-state index contributed by atoms with van der Waals surface area (Å²) in [5.41, 5.74) is 6.05. The molecular formula is C24H29N3O. The van der Waals surface area contributed by atoms with E-state index in [1.165, 1.54) is 16.7 Å². The number of likely N-dealkylation sites (tertiary alicyclic amines) is 1. The van der Waals surface area contributed by atoms with Crippen molar-refractivity contribution in [3.05, 3.63) is 65.0 Å². The van der Waals surface area contributed by atoms with Gasteiger partial charge in [0.15, 0.2) is 0 Å². The van der Waals surface area contributed by atoms with E-state index < -0.39 is 0 Å². The second-order valence-electron chi connectivity index (χ2n) is 8.07. The van der Waals surface area contributed by atoms with Crippen molar-refractivity contribution in [2.75, 3.05) is 13.1 Å². The van der Waals surface area contributed by atoms with Gasteiger partial charge in [-0.2, -0.15) is 0 Å². The van der Waals surface area contributed by atoms with Crippen molar-refractivity contribution in [3.63, 3.8) is 0 Å². The fourth-order valence-electron chi connectivity index (χ4n) is 4.22. The Hall–Kier alpha value is -2.62. The summed E-state index contributed by atoms with van der Waals surface area (Å²) in [5, 5.41) is 0. The molecule has 1 atom stereocenters. The number of aryl methyl sites for hydroxylation is 2. The summed E-state index contributed by atoms with van der Waals surface area (Å²) >= 11 is 0. The van der Waals surface area contributed by atoms with Crippen LogP contribution in [0.3, 0.4) is 0 Å². The first-order chi connectivity index (χ1) is 13.6. The van der Waals surface area contributed by atoms with E-state index in [9.17, 15) is 4.79 Å². The number of para-hydroxylation sites is 2. The normalized spacial score (nSPS) is 17.0. The summed E-state index contributed by atoms with van der Waals surface area (Å²) in [7, 11) is 0. The molecule has 2 aromatic carbocycles. The number of imidazole rings is 1. The van der Waals surface area contributed by atoms with Crippen molar-refractivity contribution in [1.29, 1.82) is 0 Å². The maximum Gasteiger partial charge on any atom is 0.223 e. The Morgan fingerprint density at radius 2 is 1.96 bits per heavy atom. The quantitative estimate of drug-likeness (QED) is 0.620. The molecule has 1 aliphatic heterocycles. The van der Waals surface area contributed by atoms with Crippen molar-refractivity contribution in [2.24, 2.45) is 0 Å². The third kappa shape index (κ3) is 3.56. The van der Waals surface area contributed by atoms with E-state index in [0.717, 1.165) is 49.3 Å². The topological polar surface area (TPSA) is 38.1 Å². The molecular weight excluding hydrogens is 346 g/mol. The van der Waals surface area contributed by atoms with E-state index in [1.807, 2.05) is 11.0 Å². The summed E-state index contributed by atoms with van der Waals surface area (Å²) < 4.78 is 2.33. The van der Waals surface area contributed by atoms with E-state index in [0.29, 0.717) is 6.42 Å². The monoisotopic (exact) mass is 375 g/mol. The Morgan fingerprint density at radius 3 is 2.79 bits per heavy atom. The summed E-state index contributed by atoms with van der Waals surface area (Å²) in [5.74, 6) is 1.49. The van der Waals surface area contributed by atoms with Gasteiger partial charge >= 0.3 is 0 Å². The largest absolute Gasteiger partial charge is 0.342 e. The van der Waals surface area contributed by atoms with Gasteiger partial charge in [-0.15, -0.1) is 0 Å². The molecule has 3 aromatic rings. The average molecular weight is 376 g/mol. The van der Waals surface area contributed by atoms with Crippen LogP contribution in [0, 0.1) is 13.8 Å². The van der Waals surface area contributed by atoms with E-state index in [1.54, 1.807) is 0 Å². The Balaban J connectivity index is 1.72. The predicted molar refractivity (Wildman–Crippen MR) is 114 cm³/mol. The van der Waals surface area contributed by atoms with Crippen LogP contribution in [-0.4, -0.2) is 33.4 Å². The molecule has 1 aromatic heterocycles. The maximum atomic E-state index is 12.5. The molecule has 146 valence electrons. The van der Waals surface area contributed by atoms with Crippen LogP contribution < -0.4 is 0 Å². The number of fused-ring (bicyclic) bond motifs is 1. The minimum atomic E-state index is 0.168. The standard InChI is InChI=1S/C24H29N3O/c1-4-5-12-26-15-20(14-23(26)28)24-25-21-8-6-7-9-22(21)27(24)16-19-13-17(2)10-11-18(19)3/h6-11,13,20H,4-5,12,14-16H2,1-3H3. The van der Waals surface area contributed by atoms with E-state index in [-0.39, 0.29) is 11.8 Å². The van der Waals surface area contributed by atoms with Crippen LogP contribution in [0.25, 0.3) is 11.0 Å². The zero-order valence-electron chi connectivity index (χ0n) is 17.1. The van der Waals surface area contributed by atoms with Crippen LogP contribution in [0.4, 0.5) is 0 Å². The molecule has 2 heterocycles. The molecule has 1 aliphatic rings. The molecule has 4 nitrogen and oxygen atoms in total. The van der Waals surface area contributed by atoms with Gasteiger partial charge < -0.3 is 9.47 Å². The molecule has 0 aliphatic carbocycles. The highest BCUT2D eigenvalue weighted by Crippen LogP contribution is 2.31. The van der Waals surface area contributed by atoms with Gasteiger partial charge in [-0.3, -0.25) is 4.79 Å². The Morgan fingerprint density at radius 1 is 1.14 bits per heavy atom. The molecule has 0 radical (unpaired) electrons. The minimum Gasteiger partial charge on any atom is -0.342 e. The molecule has 1 saturated heterocycles. The first-order valence-electron chi connectivity index (χ1n) is 10.4. The summed E-state index contributed by atoms with van der Waals surface area (Å²) in [4.78, 5) is 19.5. The van der Waals surface area contributed by atoms with Gasteiger partial charge in [-0.1, -0.05) is 49.2 Å². The zero-order chi connectivity index (χ0) is 19.7. The van der Waals surface area contributed by atoms with Gasteiger partial charge in [-0.05, 0) is 43.5 Å². The first kappa shape index (κ1) is 18.7. The molecule has 0 N–H and O–H groups in total. The highest BCUT2D eigenvalue weighted by molar-refractivity contribution is 5.81. The fraction of sp³-hybridized carbons (Fsp3) is 0.417. The van der Waals surface area contributed by atoms with Crippen LogP contribution >= 0.6 is 0 Å². The summed E-state index contributed by atoms with van der Waals surface area (Å²) in [6.07, 6.45) is 2.75. The van der Waals surface area contributed by atoms with Crippen molar-refractivity contribution in [2.45, 2.75) is 52.5 Å². The van der Waals surface area contributed by atoms with E-state index >= 15 is 0 Å². The second kappa shape index (κ2) is 7.78. The molecule has 4 rings (SSSR count). The lowest BCUT2D eigenvalue weighted by molar-refractivity contribution is -0.127. The molecule has 1 unspecified atom stereocenters.